The Morgan fingerprint density at radius 1 is 1.32 bits per heavy atom. The molecule has 0 atom stereocenters. The summed E-state index contributed by atoms with van der Waals surface area (Å²) in [6.07, 6.45) is 3.41. The molecule has 0 radical (unpaired) electrons. The third kappa shape index (κ3) is 5.83. The molecule has 2 rings (SSSR count). The van der Waals surface area contributed by atoms with Gasteiger partial charge in [-0.3, -0.25) is 14.9 Å². The van der Waals surface area contributed by atoms with Gasteiger partial charge in [0.2, 0.25) is 0 Å². The van der Waals surface area contributed by atoms with Crippen LogP contribution in [0.3, 0.4) is 0 Å². The molecule has 0 aliphatic carbocycles. The van der Waals surface area contributed by atoms with Crippen LogP contribution in [0.25, 0.3) is 6.08 Å². The number of anilines is 1. The van der Waals surface area contributed by atoms with Gasteiger partial charge >= 0.3 is 0 Å². The Hall–Kier alpha value is -3.37. The Labute approximate surface area is 167 Å². The molecule has 0 spiro atoms. The number of non-ortho nitro benzene ring substituents is 1. The lowest BCUT2D eigenvalue weighted by Gasteiger charge is -2.07. The molecule has 0 heterocycles. The summed E-state index contributed by atoms with van der Waals surface area (Å²) in [4.78, 5) is 22.6. The second-order valence-corrected chi connectivity index (χ2v) is 6.22. The van der Waals surface area contributed by atoms with Gasteiger partial charge in [-0.15, -0.1) is 0 Å². The maximum Gasteiger partial charge on any atom is 0.271 e. The fraction of sp³-hybridized carbons (Fsp3) is 0.200. The van der Waals surface area contributed by atoms with Crippen LogP contribution in [-0.4, -0.2) is 17.4 Å². The van der Waals surface area contributed by atoms with E-state index < -0.39 is 10.8 Å². The highest BCUT2D eigenvalue weighted by Crippen LogP contribution is 2.27. The summed E-state index contributed by atoms with van der Waals surface area (Å²) in [5.74, 6) is -0.00916. The van der Waals surface area contributed by atoms with Gasteiger partial charge in [0.1, 0.15) is 17.4 Å². The summed E-state index contributed by atoms with van der Waals surface area (Å²) in [7, 11) is 0. The van der Waals surface area contributed by atoms with E-state index in [1.165, 1.54) is 18.2 Å². The number of carbonyl (C=O) groups is 1. The average molecular weight is 400 g/mol. The number of hydrogen-bond donors (Lipinski definition) is 1. The second kappa shape index (κ2) is 10.1. The number of rotatable bonds is 8. The average Bonchev–Trinajstić information content (AvgIpc) is 2.68. The van der Waals surface area contributed by atoms with Crippen molar-refractivity contribution in [2.24, 2.45) is 0 Å². The highest BCUT2D eigenvalue weighted by molar-refractivity contribution is 6.34. The number of unbranched alkanes of at least 4 members (excludes halogenated alkanes) is 1. The molecule has 0 fully saturated rings. The Morgan fingerprint density at radius 2 is 2.04 bits per heavy atom. The van der Waals surface area contributed by atoms with Gasteiger partial charge in [0.15, 0.2) is 0 Å². The Balaban J connectivity index is 2.14. The second-order valence-electron chi connectivity index (χ2n) is 5.82. The van der Waals surface area contributed by atoms with Gasteiger partial charge < -0.3 is 10.1 Å². The van der Waals surface area contributed by atoms with Crippen LogP contribution < -0.4 is 10.1 Å². The number of benzene rings is 2. The lowest BCUT2D eigenvalue weighted by molar-refractivity contribution is -0.384. The first-order chi connectivity index (χ1) is 13.4. The van der Waals surface area contributed by atoms with Gasteiger partial charge in [-0.05, 0) is 36.3 Å². The molecule has 0 unspecified atom stereocenters. The lowest BCUT2D eigenvalue weighted by Crippen LogP contribution is -2.14. The number of nitrogens with one attached hydrogen (secondary N) is 1. The number of nitro benzene ring substituents is 1. The molecule has 0 saturated heterocycles. The van der Waals surface area contributed by atoms with E-state index in [0.29, 0.717) is 17.9 Å². The smallest absolute Gasteiger partial charge is 0.271 e. The molecule has 28 heavy (non-hydrogen) atoms. The molecule has 0 aliphatic rings. The van der Waals surface area contributed by atoms with E-state index in [4.69, 9.17) is 16.3 Å². The van der Waals surface area contributed by atoms with E-state index in [1.807, 2.05) is 6.07 Å². The van der Waals surface area contributed by atoms with E-state index in [1.54, 1.807) is 24.3 Å². The van der Waals surface area contributed by atoms with E-state index in [-0.39, 0.29) is 22.0 Å². The van der Waals surface area contributed by atoms with E-state index in [0.717, 1.165) is 18.9 Å². The number of nitro groups is 1. The van der Waals surface area contributed by atoms with Gasteiger partial charge in [-0.2, -0.15) is 5.26 Å². The fourth-order valence-electron chi connectivity index (χ4n) is 2.22. The van der Waals surface area contributed by atoms with Crippen molar-refractivity contribution in [2.45, 2.75) is 19.8 Å². The highest BCUT2D eigenvalue weighted by Gasteiger charge is 2.15. The SMILES string of the molecule is CCCCOc1ccc(/C=C(\C#N)C(=O)Nc2cc([N+](=O)[O-])ccc2Cl)cc1. The van der Waals surface area contributed by atoms with Crippen molar-refractivity contribution in [3.8, 4) is 11.8 Å². The number of nitriles is 1. The summed E-state index contributed by atoms with van der Waals surface area (Å²) >= 11 is 5.97. The highest BCUT2D eigenvalue weighted by atomic mass is 35.5. The lowest BCUT2D eigenvalue weighted by atomic mass is 10.1. The molecule has 8 heteroatoms. The largest absolute Gasteiger partial charge is 0.494 e. The van der Waals surface area contributed by atoms with E-state index in [2.05, 4.69) is 12.2 Å². The van der Waals surface area contributed by atoms with Crippen LogP contribution in [-0.2, 0) is 4.79 Å². The number of halogens is 1. The van der Waals surface area contributed by atoms with Crippen LogP contribution in [0.1, 0.15) is 25.3 Å². The topological polar surface area (TPSA) is 105 Å². The normalized spacial score (nSPS) is 10.8. The fourth-order valence-corrected chi connectivity index (χ4v) is 2.39. The number of amides is 1. The summed E-state index contributed by atoms with van der Waals surface area (Å²) in [5, 5.41) is 22.7. The summed E-state index contributed by atoms with van der Waals surface area (Å²) in [6.45, 7) is 2.70. The quantitative estimate of drug-likeness (QED) is 0.222. The number of nitrogens with zero attached hydrogens (tertiary/aromatic N) is 2. The maximum atomic E-state index is 12.4. The predicted octanol–water partition coefficient (Wildman–Crippen LogP) is 4.97. The zero-order valence-electron chi connectivity index (χ0n) is 15.1. The molecule has 1 amide bonds. The Morgan fingerprint density at radius 3 is 2.64 bits per heavy atom. The maximum absolute atomic E-state index is 12.4. The Kier molecular flexibility index (Phi) is 7.55. The van der Waals surface area contributed by atoms with Crippen LogP contribution in [0.2, 0.25) is 5.02 Å². The molecule has 7 nitrogen and oxygen atoms in total. The molecule has 0 bridgehead atoms. The van der Waals surface area contributed by atoms with Crippen molar-refractivity contribution in [2.75, 3.05) is 11.9 Å². The summed E-state index contributed by atoms with van der Waals surface area (Å²) in [6, 6.07) is 12.5. The first kappa shape index (κ1) is 20.9. The molecular formula is C20H18ClN3O4. The molecular weight excluding hydrogens is 382 g/mol. The van der Waals surface area contributed by atoms with Gasteiger partial charge in [0.25, 0.3) is 11.6 Å². The zero-order valence-corrected chi connectivity index (χ0v) is 15.9. The number of hydrogen-bond acceptors (Lipinski definition) is 5. The van der Waals surface area contributed by atoms with Gasteiger partial charge in [0, 0.05) is 12.1 Å². The van der Waals surface area contributed by atoms with Crippen LogP contribution in [0.5, 0.6) is 5.75 Å². The molecule has 2 aromatic rings. The van der Waals surface area contributed by atoms with Crippen molar-refractivity contribution < 1.29 is 14.5 Å². The molecule has 2 aromatic carbocycles. The zero-order chi connectivity index (χ0) is 20.5. The minimum atomic E-state index is -0.715. The molecule has 144 valence electrons. The van der Waals surface area contributed by atoms with Crippen LogP contribution in [0, 0.1) is 21.4 Å². The van der Waals surface area contributed by atoms with Crippen LogP contribution in [0.15, 0.2) is 48.0 Å². The standard InChI is InChI=1S/C20H18ClN3O4/c1-2-3-10-28-17-7-4-14(5-8-17)11-15(13-22)20(25)23-19-12-16(24(26)27)6-9-18(19)21/h4-9,11-12H,2-3,10H2,1H3,(H,23,25)/b15-11+. The van der Waals surface area contributed by atoms with Crippen LogP contribution in [0.4, 0.5) is 11.4 Å². The monoisotopic (exact) mass is 399 g/mol. The van der Waals surface area contributed by atoms with Gasteiger partial charge in [-0.1, -0.05) is 37.1 Å². The van der Waals surface area contributed by atoms with Crippen molar-refractivity contribution in [1.82, 2.24) is 0 Å². The minimum Gasteiger partial charge on any atom is -0.494 e. The van der Waals surface area contributed by atoms with Crippen LogP contribution >= 0.6 is 11.6 Å². The van der Waals surface area contributed by atoms with Gasteiger partial charge in [-0.25, -0.2) is 0 Å². The third-order valence-corrected chi connectivity index (χ3v) is 4.06. The number of carbonyl (C=O) groups excluding carboxylic acids is 1. The number of ether oxygens (including phenoxy) is 1. The summed E-state index contributed by atoms with van der Waals surface area (Å²) < 4.78 is 5.57. The first-order valence-corrected chi connectivity index (χ1v) is 8.92. The summed E-state index contributed by atoms with van der Waals surface area (Å²) in [5.41, 5.74) is 0.310. The first-order valence-electron chi connectivity index (χ1n) is 8.54. The predicted molar refractivity (Wildman–Crippen MR) is 107 cm³/mol. The molecule has 1 N–H and O–H groups in total. The van der Waals surface area contributed by atoms with Crippen molar-refractivity contribution in [1.29, 1.82) is 5.26 Å². The van der Waals surface area contributed by atoms with Gasteiger partial charge in [0.05, 0.1) is 22.2 Å². The van der Waals surface area contributed by atoms with Crippen molar-refractivity contribution in [3.63, 3.8) is 0 Å². The third-order valence-electron chi connectivity index (χ3n) is 3.73. The van der Waals surface area contributed by atoms with Crippen molar-refractivity contribution >= 4 is 35.0 Å². The minimum absolute atomic E-state index is 0.0571. The van der Waals surface area contributed by atoms with E-state index >= 15 is 0 Å². The molecule has 0 saturated carbocycles. The molecule has 0 aromatic heterocycles. The Bertz CT molecular complexity index is 933. The molecule has 0 aliphatic heterocycles. The van der Waals surface area contributed by atoms with Crippen molar-refractivity contribution in [3.05, 3.63) is 68.7 Å². The van der Waals surface area contributed by atoms with E-state index in [9.17, 15) is 20.2 Å².